The number of likely N-dealkylation sites (tertiary alicyclic amines) is 1. The summed E-state index contributed by atoms with van der Waals surface area (Å²) in [6.07, 6.45) is 5.36. The van der Waals surface area contributed by atoms with E-state index in [4.69, 9.17) is 5.73 Å². The zero-order valence-corrected chi connectivity index (χ0v) is 19.9. The van der Waals surface area contributed by atoms with E-state index in [1.807, 2.05) is 0 Å². The molecule has 3 rings (SSSR count). The van der Waals surface area contributed by atoms with Crippen molar-refractivity contribution in [3.63, 3.8) is 0 Å². The van der Waals surface area contributed by atoms with Crippen LogP contribution in [0.25, 0.3) is 10.8 Å². The second-order valence-electron chi connectivity index (χ2n) is 9.80. The first kappa shape index (κ1) is 23.7. The molecule has 0 bridgehead atoms. The van der Waals surface area contributed by atoms with Crippen molar-refractivity contribution < 1.29 is 4.79 Å². The Balaban J connectivity index is 2.00. The third-order valence-electron chi connectivity index (χ3n) is 7.20. The van der Waals surface area contributed by atoms with Crippen LogP contribution in [0, 0.1) is 0 Å². The summed E-state index contributed by atoms with van der Waals surface area (Å²) in [6.45, 7) is 13.0. The average molecular weight is 424 g/mol. The van der Waals surface area contributed by atoms with Crippen LogP contribution in [0.3, 0.4) is 0 Å². The highest BCUT2D eigenvalue weighted by Gasteiger charge is 2.40. The lowest BCUT2D eigenvalue weighted by molar-refractivity contribution is -0.124. The van der Waals surface area contributed by atoms with Crippen molar-refractivity contribution in [3.05, 3.63) is 48.0 Å². The van der Waals surface area contributed by atoms with E-state index in [0.717, 1.165) is 50.0 Å². The van der Waals surface area contributed by atoms with Gasteiger partial charge in [0.05, 0.1) is 5.41 Å². The molecular weight excluding hydrogens is 382 g/mol. The summed E-state index contributed by atoms with van der Waals surface area (Å²) in [4.78, 5) is 18.3. The molecule has 0 spiro atoms. The van der Waals surface area contributed by atoms with Crippen LogP contribution in [0.5, 0.6) is 0 Å². The Morgan fingerprint density at radius 2 is 1.61 bits per heavy atom. The predicted molar refractivity (Wildman–Crippen MR) is 131 cm³/mol. The van der Waals surface area contributed by atoms with E-state index < -0.39 is 5.41 Å². The summed E-state index contributed by atoms with van der Waals surface area (Å²) in [5.74, 6) is -0.187. The Morgan fingerprint density at radius 1 is 0.968 bits per heavy atom. The van der Waals surface area contributed by atoms with Crippen LogP contribution in [-0.2, 0) is 10.2 Å². The first-order valence-electron chi connectivity index (χ1n) is 12.1. The van der Waals surface area contributed by atoms with Gasteiger partial charge in [0, 0.05) is 18.6 Å². The van der Waals surface area contributed by atoms with Gasteiger partial charge >= 0.3 is 0 Å². The van der Waals surface area contributed by atoms with E-state index in [-0.39, 0.29) is 5.91 Å². The number of piperidine rings is 1. The van der Waals surface area contributed by atoms with Gasteiger partial charge in [-0.15, -0.1) is 0 Å². The molecule has 0 radical (unpaired) electrons. The lowest BCUT2D eigenvalue weighted by Gasteiger charge is -2.39. The Bertz CT molecular complexity index is 843. The molecule has 1 aliphatic heterocycles. The maximum absolute atomic E-state index is 13.3. The van der Waals surface area contributed by atoms with Crippen LogP contribution in [0.2, 0.25) is 0 Å². The number of benzene rings is 2. The summed E-state index contributed by atoms with van der Waals surface area (Å²) in [6, 6.07) is 15.6. The molecule has 1 heterocycles. The van der Waals surface area contributed by atoms with Gasteiger partial charge in [-0.05, 0) is 89.3 Å². The summed E-state index contributed by atoms with van der Waals surface area (Å²) in [7, 11) is 0. The molecular formula is C27H41N3O. The van der Waals surface area contributed by atoms with Crippen LogP contribution in [0.15, 0.2) is 42.5 Å². The zero-order chi connectivity index (χ0) is 22.4. The molecule has 4 nitrogen and oxygen atoms in total. The monoisotopic (exact) mass is 423 g/mol. The molecule has 1 amide bonds. The topological polar surface area (TPSA) is 49.6 Å². The third-order valence-corrected chi connectivity index (χ3v) is 7.20. The number of nitrogens with two attached hydrogens (primary N) is 1. The van der Waals surface area contributed by atoms with Crippen molar-refractivity contribution in [3.8, 4) is 0 Å². The van der Waals surface area contributed by atoms with Gasteiger partial charge in [-0.3, -0.25) is 9.69 Å². The van der Waals surface area contributed by atoms with Crippen LogP contribution in [-0.4, -0.2) is 54.0 Å². The fourth-order valence-corrected chi connectivity index (χ4v) is 5.38. The van der Waals surface area contributed by atoms with Crippen molar-refractivity contribution in [2.75, 3.05) is 26.2 Å². The van der Waals surface area contributed by atoms with Gasteiger partial charge in [-0.25, -0.2) is 0 Å². The van der Waals surface area contributed by atoms with E-state index in [9.17, 15) is 4.79 Å². The highest BCUT2D eigenvalue weighted by atomic mass is 16.1. The molecule has 0 aromatic heterocycles. The third kappa shape index (κ3) is 5.48. The van der Waals surface area contributed by atoms with Crippen molar-refractivity contribution in [2.24, 2.45) is 5.73 Å². The normalized spacial score (nSPS) is 17.5. The van der Waals surface area contributed by atoms with E-state index >= 15 is 0 Å². The fraction of sp³-hybridized carbons (Fsp3) is 0.593. The molecule has 0 aliphatic carbocycles. The van der Waals surface area contributed by atoms with Crippen molar-refractivity contribution in [2.45, 2.75) is 77.3 Å². The average Bonchev–Trinajstić information content (AvgIpc) is 2.76. The Hall–Kier alpha value is -1.91. The van der Waals surface area contributed by atoms with E-state index in [1.165, 1.54) is 24.6 Å². The van der Waals surface area contributed by atoms with Gasteiger partial charge in [0.15, 0.2) is 0 Å². The first-order chi connectivity index (χ1) is 14.8. The minimum Gasteiger partial charge on any atom is -0.369 e. The molecule has 1 fully saturated rings. The molecule has 31 heavy (non-hydrogen) atoms. The largest absolute Gasteiger partial charge is 0.369 e. The smallest absolute Gasteiger partial charge is 0.228 e. The number of hydrogen-bond acceptors (Lipinski definition) is 3. The number of fused-ring (bicyclic) bond motifs is 1. The van der Waals surface area contributed by atoms with Gasteiger partial charge in [0.1, 0.15) is 0 Å². The molecule has 1 aliphatic rings. The van der Waals surface area contributed by atoms with Crippen LogP contribution in [0.1, 0.15) is 65.4 Å². The number of primary amides is 1. The van der Waals surface area contributed by atoms with Gasteiger partial charge in [-0.2, -0.15) is 0 Å². The lowest BCUT2D eigenvalue weighted by Crippen LogP contribution is -2.48. The van der Waals surface area contributed by atoms with Gasteiger partial charge in [0.2, 0.25) is 5.91 Å². The first-order valence-corrected chi connectivity index (χ1v) is 12.1. The van der Waals surface area contributed by atoms with Crippen molar-refractivity contribution >= 4 is 16.7 Å². The fourth-order valence-electron chi connectivity index (χ4n) is 5.38. The highest BCUT2D eigenvalue weighted by molar-refractivity contribution is 5.95. The Labute approximate surface area is 188 Å². The number of rotatable bonds is 10. The molecule has 2 N–H and O–H groups in total. The minimum absolute atomic E-state index is 0.187. The molecule has 170 valence electrons. The quantitative estimate of drug-likeness (QED) is 0.588. The highest BCUT2D eigenvalue weighted by Crippen LogP contribution is 2.37. The van der Waals surface area contributed by atoms with Crippen LogP contribution in [0.4, 0.5) is 0 Å². The number of carbonyl (C=O) groups is 1. The van der Waals surface area contributed by atoms with Crippen molar-refractivity contribution in [1.29, 1.82) is 0 Å². The second kappa shape index (κ2) is 10.6. The van der Waals surface area contributed by atoms with Gasteiger partial charge in [-0.1, -0.05) is 48.9 Å². The maximum atomic E-state index is 13.3. The number of amides is 1. The predicted octanol–water partition coefficient (Wildman–Crippen LogP) is 4.95. The maximum Gasteiger partial charge on any atom is 0.228 e. The van der Waals surface area contributed by atoms with Gasteiger partial charge < -0.3 is 10.6 Å². The van der Waals surface area contributed by atoms with Crippen LogP contribution < -0.4 is 5.73 Å². The van der Waals surface area contributed by atoms with E-state index in [2.05, 4.69) is 80.0 Å². The van der Waals surface area contributed by atoms with E-state index in [0.29, 0.717) is 12.1 Å². The standard InChI is InChI=1S/C27H41N3O/c1-21(2)30(22(3)4)20-16-27(26(28)31,15-19-29-17-8-5-9-18-29)25-14-10-12-23-11-6-7-13-24(23)25/h6-7,10-14,21-22H,5,8-9,15-20H2,1-4H3,(H2,28,31). The van der Waals surface area contributed by atoms with Crippen molar-refractivity contribution in [1.82, 2.24) is 9.80 Å². The van der Waals surface area contributed by atoms with E-state index in [1.54, 1.807) is 0 Å². The summed E-state index contributed by atoms with van der Waals surface area (Å²) in [5, 5.41) is 2.33. The molecule has 0 saturated carbocycles. The molecule has 2 aromatic carbocycles. The SMILES string of the molecule is CC(C)N(CCC(CCN1CCCCC1)(C(N)=O)c1cccc2ccccc12)C(C)C. The molecule has 1 atom stereocenters. The molecule has 1 saturated heterocycles. The second-order valence-corrected chi connectivity index (χ2v) is 9.80. The molecule has 1 unspecified atom stereocenters. The number of carbonyl (C=O) groups excluding carboxylic acids is 1. The minimum atomic E-state index is -0.666. The number of nitrogens with zero attached hydrogens (tertiary/aromatic N) is 2. The Kier molecular flexibility index (Phi) is 8.12. The molecule has 4 heteroatoms. The summed E-state index contributed by atoms with van der Waals surface area (Å²) < 4.78 is 0. The summed E-state index contributed by atoms with van der Waals surface area (Å²) in [5.41, 5.74) is 6.71. The Morgan fingerprint density at radius 3 is 2.26 bits per heavy atom. The summed E-state index contributed by atoms with van der Waals surface area (Å²) >= 11 is 0. The van der Waals surface area contributed by atoms with Gasteiger partial charge in [0.25, 0.3) is 0 Å². The van der Waals surface area contributed by atoms with Crippen LogP contribution >= 0.6 is 0 Å². The lowest BCUT2D eigenvalue weighted by atomic mass is 9.72. The number of hydrogen-bond donors (Lipinski definition) is 1. The zero-order valence-electron chi connectivity index (χ0n) is 19.9. The molecule has 2 aromatic rings.